The Morgan fingerprint density at radius 2 is 2.18 bits per heavy atom. The molecule has 3 aromatic rings. The molecular formula is C20H19ClN4O2S. The molecular weight excluding hydrogens is 396 g/mol. The van der Waals surface area contributed by atoms with Gasteiger partial charge in [0.2, 0.25) is 5.91 Å². The van der Waals surface area contributed by atoms with Crippen LogP contribution in [0.5, 0.6) is 0 Å². The summed E-state index contributed by atoms with van der Waals surface area (Å²) in [7, 11) is 0. The summed E-state index contributed by atoms with van der Waals surface area (Å²) in [4.78, 5) is 22.1. The second kappa shape index (κ2) is 9.52. The van der Waals surface area contributed by atoms with Crippen molar-refractivity contribution in [2.24, 2.45) is 4.99 Å². The first kappa shape index (κ1) is 20.1. The van der Waals surface area contributed by atoms with Crippen molar-refractivity contribution in [3.63, 3.8) is 0 Å². The normalized spacial score (nSPS) is 12.2. The van der Waals surface area contributed by atoms with Gasteiger partial charge < -0.3 is 9.84 Å². The van der Waals surface area contributed by atoms with Crippen LogP contribution in [0.25, 0.3) is 0 Å². The molecule has 1 aromatic carbocycles. The van der Waals surface area contributed by atoms with Crippen molar-refractivity contribution < 1.29 is 9.32 Å². The summed E-state index contributed by atoms with van der Waals surface area (Å²) < 4.78 is 4.99. The van der Waals surface area contributed by atoms with Crippen molar-refractivity contribution in [1.82, 2.24) is 10.1 Å². The molecule has 6 nitrogen and oxygen atoms in total. The zero-order chi connectivity index (χ0) is 19.9. The summed E-state index contributed by atoms with van der Waals surface area (Å²) in [5.41, 5.74) is 1.49. The van der Waals surface area contributed by atoms with E-state index in [1.165, 1.54) is 11.8 Å². The van der Waals surface area contributed by atoms with Crippen LogP contribution in [0.1, 0.15) is 24.7 Å². The van der Waals surface area contributed by atoms with E-state index in [1.807, 2.05) is 37.3 Å². The molecule has 0 radical (unpaired) electrons. The second-order valence-corrected chi connectivity index (χ2v) is 7.54. The van der Waals surface area contributed by atoms with Gasteiger partial charge in [-0.05, 0) is 37.6 Å². The number of anilines is 1. The molecule has 2 aromatic heterocycles. The molecule has 0 aliphatic carbocycles. The summed E-state index contributed by atoms with van der Waals surface area (Å²) in [6.45, 7) is 3.74. The number of halogens is 1. The lowest BCUT2D eigenvalue weighted by atomic mass is 10.3. The fourth-order valence-corrected chi connectivity index (χ4v) is 3.61. The third kappa shape index (κ3) is 5.21. The number of thioether (sulfide) groups is 1. The van der Waals surface area contributed by atoms with Gasteiger partial charge in [0, 0.05) is 28.9 Å². The van der Waals surface area contributed by atoms with E-state index in [0.29, 0.717) is 23.2 Å². The monoisotopic (exact) mass is 414 g/mol. The minimum atomic E-state index is -0.296. The summed E-state index contributed by atoms with van der Waals surface area (Å²) in [6.07, 6.45) is 3.96. The van der Waals surface area contributed by atoms with Crippen LogP contribution in [0.4, 0.5) is 11.5 Å². The number of carbonyl (C=O) groups excluding carboxylic acids is 1. The molecule has 0 aliphatic rings. The molecule has 0 aliphatic heterocycles. The van der Waals surface area contributed by atoms with Gasteiger partial charge in [0.1, 0.15) is 10.9 Å². The van der Waals surface area contributed by atoms with E-state index >= 15 is 0 Å². The molecule has 2 heterocycles. The van der Waals surface area contributed by atoms with Crippen LogP contribution in [-0.2, 0) is 4.79 Å². The number of aliphatic imine (C=N–C) groups is 1. The van der Waals surface area contributed by atoms with Gasteiger partial charge in [-0.2, -0.15) is 0 Å². The van der Waals surface area contributed by atoms with Crippen LogP contribution in [0.2, 0.25) is 5.15 Å². The van der Waals surface area contributed by atoms with Gasteiger partial charge >= 0.3 is 0 Å². The van der Waals surface area contributed by atoms with Crippen LogP contribution in [0, 0.1) is 6.92 Å². The number of hydrogen-bond acceptors (Lipinski definition) is 6. The predicted molar refractivity (Wildman–Crippen MR) is 113 cm³/mol. The summed E-state index contributed by atoms with van der Waals surface area (Å²) in [5, 5.41) is 6.70. The molecule has 0 bridgehead atoms. The number of nitrogens with one attached hydrogen (secondary N) is 1. The zero-order valence-electron chi connectivity index (χ0n) is 15.4. The van der Waals surface area contributed by atoms with E-state index in [-0.39, 0.29) is 11.2 Å². The van der Waals surface area contributed by atoms with Crippen molar-refractivity contribution in [2.75, 3.05) is 5.32 Å². The van der Waals surface area contributed by atoms with Crippen molar-refractivity contribution in [3.8, 4) is 0 Å². The highest BCUT2D eigenvalue weighted by Crippen LogP contribution is 2.34. The first-order valence-corrected chi connectivity index (χ1v) is 9.97. The minimum absolute atomic E-state index is 0.130. The number of para-hydroxylation sites is 1. The van der Waals surface area contributed by atoms with E-state index in [4.69, 9.17) is 16.1 Å². The number of nitrogens with zero attached hydrogens (tertiary/aromatic N) is 3. The number of amides is 1. The zero-order valence-corrected chi connectivity index (χ0v) is 17.0. The Bertz CT molecular complexity index is 990. The molecule has 144 valence electrons. The average molecular weight is 415 g/mol. The quantitative estimate of drug-likeness (QED) is 0.322. The van der Waals surface area contributed by atoms with Gasteiger partial charge in [0.05, 0.1) is 10.9 Å². The maximum atomic E-state index is 12.6. The SMILES string of the molecule is CC[C@H](Sc1ccccc1N=Cc1cccnc1Cl)C(=O)Nc1cc(C)on1. The Hall–Kier alpha value is -2.64. The molecule has 0 saturated carbocycles. The molecule has 0 saturated heterocycles. The summed E-state index contributed by atoms with van der Waals surface area (Å²) in [5.74, 6) is 0.929. The lowest BCUT2D eigenvalue weighted by Gasteiger charge is -2.14. The molecule has 0 unspecified atom stereocenters. The van der Waals surface area contributed by atoms with E-state index in [9.17, 15) is 4.79 Å². The highest BCUT2D eigenvalue weighted by atomic mass is 35.5. The number of aryl methyl sites for hydroxylation is 1. The van der Waals surface area contributed by atoms with Gasteiger partial charge in [-0.1, -0.05) is 35.8 Å². The molecule has 1 amide bonds. The topological polar surface area (TPSA) is 80.4 Å². The number of carbonyl (C=O) groups is 1. The van der Waals surface area contributed by atoms with E-state index in [1.54, 1.807) is 31.5 Å². The molecule has 0 fully saturated rings. The third-order valence-electron chi connectivity index (χ3n) is 3.81. The number of rotatable bonds is 7. The highest BCUT2D eigenvalue weighted by Gasteiger charge is 2.20. The highest BCUT2D eigenvalue weighted by molar-refractivity contribution is 8.00. The predicted octanol–water partition coefficient (Wildman–Crippen LogP) is 5.29. The molecule has 1 atom stereocenters. The van der Waals surface area contributed by atoms with Crippen LogP contribution in [0.3, 0.4) is 0 Å². The number of pyridine rings is 1. The van der Waals surface area contributed by atoms with E-state index in [2.05, 4.69) is 20.4 Å². The standard InChI is InChI=1S/C20H19ClN4O2S/c1-3-16(20(26)24-18-11-13(2)27-25-18)28-17-9-5-4-8-15(17)23-12-14-7-6-10-22-19(14)21/h4-12,16H,3H2,1-2H3,(H,24,25,26)/t16-/m0/s1. The molecule has 8 heteroatoms. The van der Waals surface area contributed by atoms with Crippen LogP contribution < -0.4 is 5.32 Å². The second-order valence-electron chi connectivity index (χ2n) is 5.94. The lowest BCUT2D eigenvalue weighted by molar-refractivity contribution is -0.115. The van der Waals surface area contributed by atoms with Crippen molar-refractivity contribution in [2.45, 2.75) is 30.4 Å². The van der Waals surface area contributed by atoms with E-state index < -0.39 is 0 Å². The Labute approximate surface area is 172 Å². The molecule has 28 heavy (non-hydrogen) atoms. The van der Waals surface area contributed by atoms with Gasteiger partial charge in [-0.3, -0.25) is 9.79 Å². The van der Waals surface area contributed by atoms with Crippen LogP contribution in [0.15, 0.2) is 63.1 Å². The number of aromatic nitrogens is 2. The van der Waals surface area contributed by atoms with Crippen molar-refractivity contribution in [1.29, 1.82) is 0 Å². The minimum Gasteiger partial charge on any atom is -0.360 e. The Kier molecular flexibility index (Phi) is 6.84. The third-order valence-corrected chi connectivity index (χ3v) is 5.55. The summed E-state index contributed by atoms with van der Waals surface area (Å²) >= 11 is 7.54. The molecule has 1 N–H and O–H groups in total. The van der Waals surface area contributed by atoms with Gasteiger partial charge in [0.15, 0.2) is 5.82 Å². The molecule has 0 spiro atoms. The Balaban J connectivity index is 1.75. The van der Waals surface area contributed by atoms with Crippen molar-refractivity contribution >= 4 is 47.0 Å². The van der Waals surface area contributed by atoms with Gasteiger partial charge in [-0.25, -0.2) is 4.98 Å². The number of benzene rings is 1. The number of hydrogen-bond donors (Lipinski definition) is 1. The molecule has 3 rings (SSSR count). The van der Waals surface area contributed by atoms with Crippen LogP contribution in [-0.4, -0.2) is 27.5 Å². The lowest BCUT2D eigenvalue weighted by Crippen LogP contribution is -2.24. The fraction of sp³-hybridized carbons (Fsp3) is 0.200. The first-order chi connectivity index (χ1) is 13.6. The maximum Gasteiger partial charge on any atom is 0.239 e. The summed E-state index contributed by atoms with van der Waals surface area (Å²) in [6, 6.07) is 13.0. The fourth-order valence-electron chi connectivity index (χ4n) is 2.40. The largest absolute Gasteiger partial charge is 0.360 e. The first-order valence-electron chi connectivity index (χ1n) is 8.71. The smallest absolute Gasteiger partial charge is 0.239 e. The van der Waals surface area contributed by atoms with Gasteiger partial charge in [0.25, 0.3) is 0 Å². The average Bonchev–Trinajstić information content (AvgIpc) is 3.10. The van der Waals surface area contributed by atoms with Gasteiger partial charge in [-0.15, -0.1) is 11.8 Å². The van der Waals surface area contributed by atoms with Crippen molar-refractivity contribution in [3.05, 3.63) is 65.1 Å². The van der Waals surface area contributed by atoms with Crippen LogP contribution >= 0.6 is 23.4 Å². The van der Waals surface area contributed by atoms with E-state index in [0.717, 1.165) is 16.1 Å². The maximum absolute atomic E-state index is 12.6. The Morgan fingerprint density at radius 1 is 1.36 bits per heavy atom. The Morgan fingerprint density at radius 3 is 2.89 bits per heavy atom.